The van der Waals surface area contributed by atoms with Crippen LogP contribution in [0.5, 0.6) is 0 Å². The number of hydrogen-bond acceptors (Lipinski definition) is 6. The molecule has 6 nitrogen and oxygen atoms in total. The first-order valence-electron chi connectivity index (χ1n) is 5.89. The minimum absolute atomic E-state index is 0.0818. The highest BCUT2D eigenvalue weighted by molar-refractivity contribution is 5.94. The molecule has 3 rings (SSSR count). The van der Waals surface area contributed by atoms with Gasteiger partial charge >= 0.3 is 5.97 Å². The Kier molecular flexibility index (Phi) is 2.60. The van der Waals surface area contributed by atoms with Crippen molar-refractivity contribution in [1.82, 2.24) is 9.97 Å². The van der Waals surface area contributed by atoms with Crippen molar-refractivity contribution in [2.24, 2.45) is 0 Å². The predicted molar refractivity (Wildman–Crippen MR) is 68.5 cm³/mol. The summed E-state index contributed by atoms with van der Waals surface area (Å²) in [6, 6.07) is 1.67. The van der Waals surface area contributed by atoms with Crippen LogP contribution in [-0.4, -0.2) is 23.0 Å². The van der Waals surface area contributed by atoms with E-state index in [4.69, 9.17) is 10.5 Å². The molecular weight excluding hydrogens is 246 g/mol. The lowest BCUT2D eigenvalue weighted by molar-refractivity contribution is 0.0594. The van der Waals surface area contributed by atoms with Crippen LogP contribution in [-0.2, 0) is 16.1 Å². The number of anilines is 1. The topological polar surface area (TPSA) is 87.3 Å². The second-order valence-corrected chi connectivity index (χ2v) is 4.42. The number of fused-ring (bicyclic) bond motifs is 3. The molecule has 0 saturated carbocycles. The third-order valence-electron chi connectivity index (χ3n) is 3.33. The van der Waals surface area contributed by atoms with E-state index in [0.29, 0.717) is 17.9 Å². The minimum atomic E-state index is -0.473. The largest absolute Gasteiger partial charge is 0.464 e. The highest BCUT2D eigenvalue weighted by Crippen LogP contribution is 2.37. The zero-order valence-electron chi connectivity index (χ0n) is 10.6. The lowest BCUT2D eigenvalue weighted by Gasteiger charge is -2.09. The van der Waals surface area contributed by atoms with Gasteiger partial charge in [-0.25, -0.2) is 14.8 Å². The summed E-state index contributed by atoms with van der Waals surface area (Å²) >= 11 is 0. The molecule has 0 unspecified atom stereocenters. The fourth-order valence-electron chi connectivity index (χ4n) is 2.39. The minimum Gasteiger partial charge on any atom is -0.464 e. The SMILES string of the molecule is COC(=O)c1cc2c3c(c(N)nc2cn1)[C@@H](C)OC3. The quantitative estimate of drug-likeness (QED) is 0.782. The summed E-state index contributed by atoms with van der Waals surface area (Å²) in [5.41, 5.74) is 8.72. The number of carbonyl (C=O) groups is 1. The van der Waals surface area contributed by atoms with Crippen LogP contribution in [0.4, 0.5) is 5.82 Å². The van der Waals surface area contributed by atoms with Crippen molar-refractivity contribution < 1.29 is 14.3 Å². The van der Waals surface area contributed by atoms with Gasteiger partial charge in [-0.3, -0.25) is 0 Å². The molecule has 2 N–H and O–H groups in total. The number of methoxy groups -OCH3 is 1. The van der Waals surface area contributed by atoms with Crippen molar-refractivity contribution in [3.05, 3.63) is 29.1 Å². The maximum atomic E-state index is 11.5. The molecule has 2 aromatic rings. The summed E-state index contributed by atoms with van der Waals surface area (Å²) in [4.78, 5) is 19.9. The molecule has 2 aromatic heterocycles. The van der Waals surface area contributed by atoms with E-state index in [9.17, 15) is 4.79 Å². The summed E-state index contributed by atoms with van der Waals surface area (Å²) in [5.74, 6) is -0.0143. The van der Waals surface area contributed by atoms with E-state index in [2.05, 4.69) is 14.7 Å². The zero-order chi connectivity index (χ0) is 13.6. The first-order valence-corrected chi connectivity index (χ1v) is 5.89. The Bertz CT molecular complexity index is 684. The molecule has 0 aliphatic carbocycles. The van der Waals surface area contributed by atoms with Gasteiger partial charge in [0.15, 0.2) is 0 Å². The van der Waals surface area contributed by atoms with E-state index in [1.165, 1.54) is 13.3 Å². The molecular formula is C13H13N3O3. The van der Waals surface area contributed by atoms with Gasteiger partial charge in [-0.15, -0.1) is 0 Å². The summed E-state index contributed by atoms with van der Waals surface area (Å²) in [7, 11) is 1.32. The summed E-state index contributed by atoms with van der Waals surface area (Å²) in [6.45, 7) is 2.39. The highest BCUT2D eigenvalue weighted by Gasteiger charge is 2.26. The second-order valence-electron chi connectivity index (χ2n) is 4.42. The maximum Gasteiger partial charge on any atom is 0.356 e. The van der Waals surface area contributed by atoms with Crippen LogP contribution >= 0.6 is 0 Å². The molecule has 98 valence electrons. The molecule has 3 heterocycles. The summed E-state index contributed by atoms with van der Waals surface area (Å²) in [6.07, 6.45) is 1.45. The van der Waals surface area contributed by atoms with Gasteiger partial charge in [-0.2, -0.15) is 0 Å². The third kappa shape index (κ3) is 1.72. The van der Waals surface area contributed by atoms with Crippen molar-refractivity contribution in [2.75, 3.05) is 12.8 Å². The zero-order valence-corrected chi connectivity index (χ0v) is 10.6. The molecule has 19 heavy (non-hydrogen) atoms. The number of aromatic nitrogens is 2. The van der Waals surface area contributed by atoms with Gasteiger partial charge in [-0.1, -0.05) is 0 Å². The average Bonchev–Trinajstić information content (AvgIpc) is 2.81. The standard InChI is InChI=1S/C13H13N3O3/c1-6-11-8(5-19-6)7-3-9(13(17)18-2)15-4-10(7)16-12(11)14/h3-4,6H,5H2,1-2H3,(H2,14,16)/t6-/m1/s1. The number of nitrogens with zero attached hydrogens (tertiary/aromatic N) is 2. The van der Waals surface area contributed by atoms with E-state index in [-0.39, 0.29) is 11.8 Å². The maximum absolute atomic E-state index is 11.5. The Balaban J connectivity index is 2.28. The molecule has 0 aromatic carbocycles. The number of carbonyl (C=O) groups excluding carboxylic acids is 1. The van der Waals surface area contributed by atoms with Crippen LogP contribution in [0.2, 0.25) is 0 Å². The number of pyridine rings is 2. The van der Waals surface area contributed by atoms with Crippen LogP contribution < -0.4 is 5.73 Å². The molecule has 0 bridgehead atoms. The molecule has 6 heteroatoms. The number of nitrogens with two attached hydrogens (primary N) is 1. The molecule has 0 amide bonds. The van der Waals surface area contributed by atoms with Crippen molar-refractivity contribution >= 4 is 22.7 Å². The van der Waals surface area contributed by atoms with Gasteiger partial charge < -0.3 is 15.2 Å². The Morgan fingerprint density at radius 1 is 1.58 bits per heavy atom. The lowest BCUT2D eigenvalue weighted by Crippen LogP contribution is -2.06. The van der Waals surface area contributed by atoms with Crippen molar-refractivity contribution in [3.8, 4) is 0 Å². The van der Waals surface area contributed by atoms with Crippen molar-refractivity contribution in [1.29, 1.82) is 0 Å². The fourth-order valence-corrected chi connectivity index (χ4v) is 2.39. The van der Waals surface area contributed by atoms with Gasteiger partial charge in [0.05, 0.1) is 31.5 Å². The number of esters is 1. The summed E-state index contributed by atoms with van der Waals surface area (Å²) in [5, 5.41) is 0.837. The van der Waals surface area contributed by atoms with Crippen LogP contribution in [0, 0.1) is 0 Å². The Hall–Kier alpha value is -2.21. The molecule has 0 saturated heterocycles. The van der Waals surface area contributed by atoms with Crippen LogP contribution in [0.3, 0.4) is 0 Å². The highest BCUT2D eigenvalue weighted by atomic mass is 16.5. The van der Waals surface area contributed by atoms with Crippen molar-refractivity contribution in [2.45, 2.75) is 19.6 Å². The lowest BCUT2D eigenvalue weighted by atomic mass is 10.0. The molecule has 1 aliphatic rings. The summed E-state index contributed by atoms with van der Waals surface area (Å²) < 4.78 is 10.3. The van der Waals surface area contributed by atoms with Gasteiger partial charge in [0.2, 0.25) is 0 Å². The number of nitrogen functional groups attached to an aromatic ring is 1. The van der Waals surface area contributed by atoms with E-state index in [0.717, 1.165) is 16.5 Å². The molecule has 0 radical (unpaired) electrons. The monoisotopic (exact) mass is 259 g/mol. The van der Waals surface area contributed by atoms with Crippen LogP contribution in [0.15, 0.2) is 12.3 Å². The van der Waals surface area contributed by atoms with E-state index in [1.807, 2.05) is 6.92 Å². The second kappa shape index (κ2) is 4.17. The van der Waals surface area contributed by atoms with Gasteiger partial charge in [0.1, 0.15) is 11.5 Å². The first-order chi connectivity index (χ1) is 9.11. The van der Waals surface area contributed by atoms with E-state index >= 15 is 0 Å². The normalized spacial score (nSPS) is 17.5. The Morgan fingerprint density at radius 3 is 3.11 bits per heavy atom. The smallest absolute Gasteiger partial charge is 0.356 e. The molecule has 0 fully saturated rings. The Labute approximate surface area is 109 Å². The predicted octanol–water partition coefficient (Wildman–Crippen LogP) is 1.59. The number of hydrogen-bond donors (Lipinski definition) is 1. The van der Waals surface area contributed by atoms with Crippen LogP contribution in [0.25, 0.3) is 10.9 Å². The van der Waals surface area contributed by atoms with Crippen molar-refractivity contribution in [3.63, 3.8) is 0 Å². The third-order valence-corrected chi connectivity index (χ3v) is 3.33. The molecule has 1 atom stereocenters. The van der Waals surface area contributed by atoms with Gasteiger partial charge in [-0.05, 0) is 18.6 Å². The molecule has 1 aliphatic heterocycles. The fraction of sp³-hybridized carbons (Fsp3) is 0.308. The number of ether oxygens (including phenoxy) is 2. The first kappa shape index (κ1) is 11.9. The van der Waals surface area contributed by atoms with Gasteiger partial charge in [0.25, 0.3) is 0 Å². The number of rotatable bonds is 1. The average molecular weight is 259 g/mol. The Morgan fingerprint density at radius 2 is 2.37 bits per heavy atom. The van der Waals surface area contributed by atoms with E-state index < -0.39 is 5.97 Å². The van der Waals surface area contributed by atoms with Crippen LogP contribution in [0.1, 0.15) is 34.6 Å². The van der Waals surface area contributed by atoms with Gasteiger partial charge in [0, 0.05) is 10.9 Å². The van der Waals surface area contributed by atoms with E-state index in [1.54, 1.807) is 6.07 Å². The molecule has 0 spiro atoms.